The van der Waals surface area contributed by atoms with Gasteiger partial charge in [0.2, 0.25) is 5.91 Å². The fraction of sp³-hybridized carbons (Fsp3) is 0.583. The molecule has 1 aromatic rings. The molecule has 1 amide bonds. The van der Waals surface area contributed by atoms with Gasteiger partial charge < -0.3 is 15.0 Å². The van der Waals surface area contributed by atoms with Crippen LogP contribution in [0, 0.1) is 0 Å². The number of rotatable bonds is 4. The predicted octanol–water partition coefficient (Wildman–Crippen LogP) is 2.27. The molecule has 19 heavy (non-hydrogen) atoms. The van der Waals surface area contributed by atoms with E-state index in [9.17, 15) is 4.79 Å². The van der Waals surface area contributed by atoms with E-state index >= 15 is 0 Å². The van der Waals surface area contributed by atoms with Crippen LogP contribution in [0.25, 0.3) is 0 Å². The van der Waals surface area contributed by atoms with Crippen molar-refractivity contribution in [2.45, 2.75) is 19.5 Å². The Kier molecular flexibility index (Phi) is 7.31. The molecule has 1 aliphatic heterocycles. The van der Waals surface area contributed by atoms with Crippen LogP contribution in [0.2, 0.25) is 0 Å². The molecule has 1 aliphatic rings. The Morgan fingerprint density at radius 3 is 2.95 bits per heavy atom. The van der Waals surface area contributed by atoms with Crippen LogP contribution < -0.4 is 5.32 Å². The van der Waals surface area contributed by atoms with Gasteiger partial charge in [0.05, 0.1) is 23.5 Å². The van der Waals surface area contributed by atoms with Crippen LogP contribution in [0.5, 0.6) is 0 Å². The van der Waals surface area contributed by atoms with E-state index in [1.54, 1.807) is 11.3 Å². The smallest absolute Gasteiger partial charge is 0.242 e. The number of nitrogens with one attached hydrogen (secondary N) is 1. The number of carbonyl (C=O) groups is 1. The molecule has 0 radical (unpaired) electrons. The van der Waals surface area contributed by atoms with Crippen molar-refractivity contribution in [3.05, 3.63) is 20.8 Å². The molecule has 7 heteroatoms. The van der Waals surface area contributed by atoms with Gasteiger partial charge in [-0.05, 0) is 35.0 Å². The molecule has 0 bridgehead atoms. The van der Waals surface area contributed by atoms with Crippen LogP contribution >= 0.6 is 39.7 Å². The minimum absolute atomic E-state index is 0. The lowest BCUT2D eigenvalue weighted by Crippen LogP contribution is -2.52. The van der Waals surface area contributed by atoms with Crippen LogP contribution in [-0.4, -0.2) is 43.2 Å². The van der Waals surface area contributed by atoms with Crippen molar-refractivity contribution >= 4 is 45.6 Å². The highest BCUT2D eigenvalue weighted by Crippen LogP contribution is 2.23. The fourth-order valence-corrected chi connectivity index (χ4v) is 3.41. The number of ether oxygens (including phenoxy) is 1. The highest BCUT2D eigenvalue weighted by atomic mass is 79.9. The van der Waals surface area contributed by atoms with Crippen LogP contribution in [0.3, 0.4) is 0 Å². The molecule has 1 N–H and O–H groups in total. The normalized spacial score (nSPS) is 18.7. The first-order valence-electron chi connectivity index (χ1n) is 6.05. The number of nitrogens with zero attached hydrogens (tertiary/aromatic N) is 1. The number of hydrogen-bond acceptors (Lipinski definition) is 4. The monoisotopic (exact) mass is 368 g/mol. The zero-order valence-corrected chi connectivity index (χ0v) is 13.9. The van der Waals surface area contributed by atoms with Gasteiger partial charge in [-0.15, -0.1) is 23.7 Å². The summed E-state index contributed by atoms with van der Waals surface area (Å²) < 4.78 is 6.43. The van der Waals surface area contributed by atoms with Gasteiger partial charge in [0.1, 0.15) is 6.04 Å². The highest BCUT2D eigenvalue weighted by molar-refractivity contribution is 9.11. The van der Waals surface area contributed by atoms with E-state index in [0.717, 1.165) is 10.3 Å². The molecule has 0 aromatic carbocycles. The molecule has 0 spiro atoms. The number of morpholine rings is 1. The Hall–Kier alpha value is -0.140. The van der Waals surface area contributed by atoms with Crippen molar-refractivity contribution in [1.29, 1.82) is 0 Å². The van der Waals surface area contributed by atoms with Gasteiger partial charge in [-0.2, -0.15) is 0 Å². The summed E-state index contributed by atoms with van der Waals surface area (Å²) in [5.74, 6) is 0.127. The lowest BCUT2D eigenvalue weighted by atomic mass is 10.2. The van der Waals surface area contributed by atoms with E-state index in [0.29, 0.717) is 26.3 Å². The first-order chi connectivity index (χ1) is 8.70. The maximum atomic E-state index is 12.3. The third kappa shape index (κ3) is 4.72. The van der Waals surface area contributed by atoms with Gasteiger partial charge in [0.15, 0.2) is 0 Å². The summed E-state index contributed by atoms with van der Waals surface area (Å²) in [7, 11) is 0. The van der Waals surface area contributed by atoms with Crippen LogP contribution in [0.1, 0.15) is 11.8 Å². The van der Waals surface area contributed by atoms with Crippen LogP contribution in [-0.2, 0) is 16.1 Å². The van der Waals surface area contributed by atoms with Crippen molar-refractivity contribution in [1.82, 2.24) is 10.2 Å². The molecule has 1 unspecified atom stereocenters. The second-order valence-corrected chi connectivity index (χ2v) is 6.69. The molecule has 0 aliphatic carbocycles. The van der Waals surface area contributed by atoms with Gasteiger partial charge in [0, 0.05) is 18.0 Å². The summed E-state index contributed by atoms with van der Waals surface area (Å²) in [6.07, 6.45) is 0. The van der Waals surface area contributed by atoms with Crippen molar-refractivity contribution in [3.63, 3.8) is 0 Å². The SMILES string of the molecule is CCN(Cc1ccc(Br)s1)C(=O)C1COCCN1.Cl. The fourth-order valence-electron chi connectivity index (χ4n) is 1.91. The number of hydrogen-bond donors (Lipinski definition) is 1. The molecular formula is C12H18BrClN2O2S. The minimum Gasteiger partial charge on any atom is -0.378 e. The number of carbonyl (C=O) groups excluding carboxylic acids is 1. The molecule has 1 atom stereocenters. The number of thiophene rings is 1. The maximum Gasteiger partial charge on any atom is 0.242 e. The van der Waals surface area contributed by atoms with Gasteiger partial charge >= 0.3 is 0 Å². The molecule has 2 heterocycles. The molecule has 1 fully saturated rings. The lowest BCUT2D eigenvalue weighted by molar-refractivity contribution is -0.136. The van der Waals surface area contributed by atoms with Crippen LogP contribution in [0.15, 0.2) is 15.9 Å². The standard InChI is InChI=1S/C12H17BrN2O2S.ClH/c1-2-15(7-9-3-4-11(13)18-9)12(16)10-8-17-6-5-14-10;/h3-4,10,14H,2,5-8H2,1H3;1H. The van der Waals surface area contributed by atoms with Crippen molar-refractivity contribution < 1.29 is 9.53 Å². The number of amides is 1. The zero-order valence-electron chi connectivity index (χ0n) is 10.7. The maximum absolute atomic E-state index is 12.3. The topological polar surface area (TPSA) is 41.6 Å². The molecule has 108 valence electrons. The Bertz CT molecular complexity index is 410. The Balaban J connectivity index is 0.00000180. The number of halogens is 2. The summed E-state index contributed by atoms with van der Waals surface area (Å²) in [4.78, 5) is 15.4. The van der Waals surface area contributed by atoms with Crippen molar-refractivity contribution in [3.8, 4) is 0 Å². The summed E-state index contributed by atoms with van der Waals surface area (Å²) in [5.41, 5.74) is 0. The Morgan fingerprint density at radius 2 is 2.42 bits per heavy atom. The lowest BCUT2D eigenvalue weighted by Gasteiger charge is -2.29. The molecule has 0 saturated carbocycles. The van der Waals surface area contributed by atoms with E-state index in [1.807, 2.05) is 17.9 Å². The Morgan fingerprint density at radius 1 is 1.63 bits per heavy atom. The van der Waals surface area contributed by atoms with Crippen LogP contribution in [0.4, 0.5) is 0 Å². The van der Waals surface area contributed by atoms with E-state index in [4.69, 9.17) is 4.74 Å². The second-order valence-electron chi connectivity index (χ2n) is 4.14. The molecule has 1 saturated heterocycles. The largest absolute Gasteiger partial charge is 0.378 e. The van der Waals surface area contributed by atoms with Gasteiger partial charge in [-0.25, -0.2) is 0 Å². The highest BCUT2D eigenvalue weighted by Gasteiger charge is 2.25. The van der Waals surface area contributed by atoms with Gasteiger partial charge in [-0.1, -0.05) is 0 Å². The quantitative estimate of drug-likeness (QED) is 0.885. The van der Waals surface area contributed by atoms with E-state index in [-0.39, 0.29) is 24.4 Å². The van der Waals surface area contributed by atoms with Gasteiger partial charge in [0.25, 0.3) is 0 Å². The summed E-state index contributed by atoms with van der Waals surface area (Å²) in [5, 5.41) is 3.20. The molecule has 1 aromatic heterocycles. The van der Waals surface area contributed by atoms with E-state index in [2.05, 4.69) is 27.3 Å². The second kappa shape index (κ2) is 8.21. The van der Waals surface area contributed by atoms with E-state index in [1.165, 1.54) is 4.88 Å². The number of likely N-dealkylation sites (N-methyl/N-ethyl adjacent to an activating group) is 1. The average Bonchev–Trinajstić information content (AvgIpc) is 2.82. The van der Waals surface area contributed by atoms with E-state index < -0.39 is 0 Å². The molecule has 4 nitrogen and oxygen atoms in total. The van der Waals surface area contributed by atoms with Gasteiger partial charge in [-0.3, -0.25) is 4.79 Å². The first-order valence-corrected chi connectivity index (χ1v) is 7.65. The summed E-state index contributed by atoms with van der Waals surface area (Å²) in [6.45, 7) is 5.30. The average molecular weight is 370 g/mol. The van der Waals surface area contributed by atoms with Crippen molar-refractivity contribution in [2.24, 2.45) is 0 Å². The third-order valence-corrected chi connectivity index (χ3v) is 4.50. The molecular weight excluding hydrogens is 352 g/mol. The minimum atomic E-state index is -0.192. The predicted molar refractivity (Wildman–Crippen MR) is 83.0 cm³/mol. The third-order valence-electron chi connectivity index (χ3n) is 2.89. The first kappa shape index (κ1) is 16.9. The summed E-state index contributed by atoms with van der Waals surface area (Å²) in [6, 6.07) is 3.87. The molecule has 2 rings (SSSR count). The Labute approximate surface area is 132 Å². The summed E-state index contributed by atoms with van der Waals surface area (Å²) >= 11 is 5.11. The van der Waals surface area contributed by atoms with Crippen molar-refractivity contribution in [2.75, 3.05) is 26.3 Å². The zero-order chi connectivity index (χ0) is 13.0.